The zero-order valence-electron chi connectivity index (χ0n) is 20.0. The molecule has 0 saturated carbocycles. The molecule has 0 spiro atoms. The number of carbonyl (C=O) groups excluding carboxylic acids is 1. The summed E-state index contributed by atoms with van der Waals surface area (Å²) in [5.41, 5.74) is -0.639. The van der Waals surface area contributed by atoms with Crippen LogP contribution in [-0.4, -0.2) is 44.7 Å². The van der Waals surface area contributed by atoms with Gasteiger partial charge < -0.3 is 14.8 Å². The average Bonchev–Trinajstić information content (AvgIpc) is 3.30. The van der Waals surface area contributed by atoms with Crippen molar-refractivity contribution in [3.05, 3.63) is 76.6 Å². The van der Waals surface area contributed by atoms with Crippen molar-refractivity contribution in [2.45, 2.75) is 26.2 Å². The van der Waals surface area contributed by atoms with E-state index in [0.717, 1.165) is 31.4 Å². The second-order valence-electron chi connectivity index (χ2n) is 8.76. The Morgan fingerprint density at radius 3 is 2.81 bits per heavy atom. The maximum Gasteiger partial charge on any atom is 0.256 e. The molecule has 1 aromatic carbocycles. The third kappa shape index (κ3) is 5.44. The van der Waals surface area contributed by atoms with Crippen molar-refractivity contribution in [2.75, 3.05) is 29.6 Å². The standard InChI is InChI=1S/C26H28F2N4O3S/c1-3-5-17(4-2)10-11-29-26(34)20-15-32(22-8-6-18(27)14-21(22)28)25-19(24(20)33)7-9-23(30-25)31-12-13-36(35)16-31/h3,6-9,14-15,17H,1,4-5,10-13,16H2,2H3,(H,29,34). The van der Waals surface area contributed by atoms with Gasteiger partial charge in [-0.3, -0.25) is 14.2 Å². The van der Waals surface area contributed by atoms with Crippen molar-refractivity contribution in [1.29, 1.82) is 0 Å². The number of pyridine rings is 2. The molecule has 4 rings (SSSR count). The molecule has 3 aromatic rings. The van der Waals surface area contributed by atoms with Gasteiger partial charge in [0, 0.05) is 18.8 Å². The van der Waals surface area contributed by atoms with E-state index < -0.39 is 34.1 Å². The van der Waals surface area contributed by atoms with Crippen LogP contribution in [0.4, 0.5) is 14.6 Å². The van der Waals surface area contributed by atoms with Crippen LogP contribution in [0.1, 0.15) is 36.5 Å². The molecule has 1 N–H and O–H groups in total. The first-order chi connectivity index (χ1) is 17.3. The van der Waals surface area contributed by atoms with Gasteiger partial charge >= 0.3 is 0 Å². The van der Waals surface area contributed by atoms with E-state index in [1.807, 2.05) is 11.0 Å². The van der Waals surface area contributed by atoms with Gasteiger partial charge in [0.15, 0.2) is 11.5 Å². The molecule has 0 bridgehead atoms. The quantitative estimate of drug-likeness (QED) is 0.345. The lowest BCUT2D eigenvalue weighted by Crippen LogP contribution is -2.31. The summed E-state index contributed by atoms with van der Waals surface area (Å²) < 4.78 is 41.6. The molecule has 2 atom stereocenters. The molecule has 1 saturated heterocycles. The summed E-state index contributed by atoms with van der Waals surface area (Å²) in [4.78, 5) is 32.7. The number of rotatable bonds is 9. The first kappa shape index (κ1) is 25.8. The topological polar surface area (TPSA) is 90.3 Å². The minimum atomic E-state index is -1.00. The lowest BCUT2D eigenvalue weighted by molar-refractivity contribution is 0.0950. The second kappa shape index (κ2) is 11.2. The van der Waals surface area contributed by atoms with E-state index in [4.69, 9.17) is 0 Å². The van der Waals surface area contributed by atoms with E-state index in [0.29, 0.717) is 36.5 Å². The SMILES string of the molecule is C=CCC(CC)CCNC(=O)c1cn(-c2ccc(F)cc2F)c2nc(N3CC[S+]([O-])C3)ccc2c1=O. The van der Waals surface area contributed by atoms with Crippen molar-refractivity contribution in [1.82, 2.24) is 14.9 Å². The second-order valence-corrected chi connectivity index (χ2v) is 10.3. The zero-order chi connectivity index (χ0) is 25.8. The summed E-state index contributed by atoms with van der Waals surface area (Å²) in [5, 5.41) is 2.91. The predicted molar refractivity (Wildman–Crippen MR) is 138 cm³/mol. The Balaban J connectivity index is 1.76. The van der Waals surface area contributed by atoms with Gasteiger partial charge in [0.1, 0.15) is 28.8 Å². The summed E-state index contributed by atoms with van der Waals surface area (Å²) in [6.07, 6.45) is 5.59. The Morgan fingerprint density at radius 2 is 2.14 bits per heavy atom. The van der Waals surface area contributed by atoms with Gasteiger partial charge in [-0.25, -0.2) is 13.8 Å². The molecule has 7 nitrogen and oxygen atoms in total. The molecule has 0 aliphatic carbocycles. The van der Waals surface area contributed by atoms with Crippen LogP contribution in [0.25, 0.3) is 16.7 Å². The van der Waals surface area contributed by atoms with Crippen LogP contribution >= 0.6 is 0 Å². The molecule has 10 heteroatoms. The molecule has 1 amide bonds. The predicted octanol–water partition coefficient (Wildman–Crippen LogP) is 3.91. The minimum Gasteiger partial charge on any atom is -0.615 e. The maximum absolute atomic E-state index is 14.8. The van der Waals surface area contributed by atoms with Crippen LogP contribution < -0.4 is 15.6 Å². The minimum absolute atomic E-state index is 0.0536. The maximum atomic E-state index is 14.8. The number of hydrogen-bond acceptors (Lipinski definition) is 5. The number of aromatic nitrogens is 2. The van der Waals surface area contributed by atoms with Crippen LogP contribution in [0.3, 0.4) is 0 Å². The number of amides is 1. The van der Waals surface area contributed by atoms with Gasteiger partial charge in [-0.15, -0.1) is 6.58 Å². The number of benzene rings is 1. The number of allylic oxidation sites excluding steroid dienone is 1. The molecule has 36 heavy (non-hydrogen) atoms. The van der Waals surface area contributed by atoms with Crippen molar-refractivity contribution in [2.24, 2.45) is 5.92 Å². The number of carbonyl (C=O) groups is 1. The van der Waals surface area contributed by atoms with E-state index in [9.17, 15) is 22.9 Å². The molecule has 1 aliphatic heterocycles. The zero-order valence-corrected chi connectivity index (χ0v) is 20.8. The van der Waals surface area contributed by atoms with E-state index in [-0.39, 0.29) is 22.3 Å². The third-order valence-electron chi connectivity index (χ3n) is 6.38. The smallest absolute Gasteiger partial charge is 0.256 e. The van der Waals surface area contributed by atoms with Gasteiger partial charge in [-0.1, -0.05) is 19.4 Å². The lowest BCUT2D eigenvalue weighted by atomic mass is 9.98. The fourth-order valence-corrected chi connectivity index (χ4v) is 5.46. The van der Waals surface area contributed by atoms with Gasteiger partial charge in [-0.05, 0) is 54.2 Å². The highest BCUT2D eigenvalue weighted by molar-refractivity contribution is 7.91. The lowest BCUT2D eigenvalue weighted by Gasteiger charge is -2.18. The number of hydrogen-bond donors (Lipinski definition) is 1. The Bertz CT molecular complexity index is 1350. The highest BCUT2D eigenvalue weighted by atomic mass is 32.2. The molecular formula is C26H28F2N4O3S. The first-order valence-corrected chi connectivity index (χ1v) is 13.3. The molecule has 2 unspecified atom stereocenters. The van der Waals surface area contributed by atoms with E-state index in [1.165, 1.54) is 22.9 Å². The molecular weight excluding hydrogens is 486 g/mol. The van der Waals surface area contributed by atoms with Crippen molar-refractivity contribution in [3.63, 3.8) is 0 Å². The van der Waals surface area contributed by atoms with Gasteiger partial charge in [-0.2, -0.15) is 0 Å². The van der Waals surface area contributed by atoms with Crippen LogP contribution in [0, 0.1) is 17.6 Å². The van der Waals surface area contributed by atoms with Crippen molar-refractivity contribution in [3.8, 4) is 5.69 Å². The van der Waals surface area contributed by atoms with Crippen molar-refractivity contribution >= 4 is 33.9 Å². The normalized spacial score (nSPS) is 16.3. The van der Waals surface area contributed by atoms with Crippen LogP contribution in [0.5, 0.6) is 0 Å². The van der Waals surface area contributed by atoms with E-state index >= 15 is 0 Å². The van der Waals surface area contributed by atoms with Crippen LogP contribution in [0.2, 0.25) is 0 Å². The van der Waals surface area contributed by atoms with Crippen LogP contribution in [-0.2, 0) is 11.2 Å². The van der Waals surface area contributed by atoms with E-state index in [1.54, 1.807) is 6.07 Å². The van der Waals surface area contributed by atoms with E-state index in [2.05, 4.69) is 23.8 Å². The largest absolute Gasteiger partial charge is 0.615 e. The number of nitrogens with zero attached hydrogens (tertiary/aromatic N) is 3. The van der Waals surface area contributed by atoms with Crippen LogP contribution in [0.15, 0.2) is 54.0 Å². The van der Waals surface area contributed by atoms with Crippen molar-refractivity contribution < 1.29 is 18.1 Å². The fraction of sp³-hybridized carbons (Fsp3) is 0.346. The summed E-state index contributed by atoms with van der Waals surface area (Å²) >= 11 is -1.00. The molecule has 1 fully saturated rings. The number of nitrogens with one attached hydrogen (secondary N) is 1. The Labute approximate surface area is 211 Å². The Kier molecular flexibility index (Phi) is 8.05. The van der Waals surface area contributed by atoms with Gasteiger partial charge in [0.2, 0.25) is 5.43 Å². The number of halogens is 2. The molecule has 3 heterocycles. The van der Waals surface area contributed by atoms with Gasteiger partial charge in [0.05, 0.1) is 17.6 Å². The highest BCUT2D eigenvalue weighted by Crippen LogP contribution is 2.24. The number of anilines is 1. The summed E-state index contributed by atoms with van der Waals surface area (Å²) in [6, 6.07) is 6.22. The Morgan fingerprint density at radius 1 is 1.33 bits per heavy atom. The third-order valence-corrected chi connectivity index (χ3v) is 7.62. The average molecular weight is 515 g/mol. The van der Waals surface area contributed by atoms with Gasteiger partial charge in [0.25, 0.3) is 5.91 Å². The molecule has 2 aromatic heterocycles. The summed E-state index contributed by atoms with van der Waals surface area (Å²) in [7, 11) is 0. The summed E-state index contributed by atoms with van der Waals surface area (Å²) in [5.74, 6) is -0.539. The first-order valence-electron chi connectivity index (χ1n) is 11.8. The molecule has 0 radical (unpaired) electrons. The molecule has 1 aliphatic rings. The molecule has 190 valence electrons. The summed E-state index contributed by atoms with van der Waals surface area (Å²) in [6.45, 7) is 6.73. The Hall–Kier alpha value is -3.24. The number of fused-ring (bicyclic) bond motifs is 1. The monoisotopic (exact) mass is 514 g/mol. The fourth-order valence-electron chi connectivity index (χ4n) is 4.30. The highest BCUT2D eigenvalue weighted by Gasteiger charge is 2.26.